The van der Waals surface area contributed by atoms with Gasteiger partial charge in [0.2, 0.25) is 0 Å². The fourth-order valence-corrected chi connectivity index (χ4v) is 2.94. The summed E-state index contributed by atoms with van der Waals surface area (Å²) in [6, 6.07) is 8.06. The van der Waals surface area contributed by atoms with E-state index >= 15 is 0 Å². The largest absolute Gasteiger partial charge is 0.351 e. The zero-order valence-electron chi connectivity index (χ0n) is 14.0. The van der Waals surface area contributed by atoms with E-state index in [0.717, 1.165) is 29.1 Å². The Kier molecular flexibility index (Phi) is 4.35. The van der Waals surface area contributed by atoms with E-state index < -0.39 is 0 Å². The molecule has 0 amide bonds. The normalized spacial score (nSPS) is 19.9. The molecule has 0 aromatic carbocycles. The van der Waals surface area contributed by atoms with Crippen molar-refractivity contribution in [2.75, 3.05) is 19.6 Å². The Bertz CT molecular complexity index is 714. The predicted molar refractivity (Wildman–Crippen MR) is 93.9 cm³/mol. The fourth-order valence-electron chi connectivity index (χ4n) is 2.94. The van der Waals surface area contributed by atoms with Crippen molar-refractivity contribution < 1.29 is 4.79 Å². The Morgan fingerprint density at radius 2 is 1.43 bits per heavy atom. The Balaban J connectivity index is 1.97. The van der Waals surface area contributed by atoms with Gasteiger partial charge in [-0.1, -0.05) is 6.92 Å². The van der Waals surface area contributed by atoms with Gasteiger partial charge in [-0.05, 0) is 43.0 Å². The van der Waals surface area contributed by atoms with E-state index in [4.69, 9.17) is 0 Å². The average Bonchev–Trinajstić information content (AvgIpc) is 3.12. The number of likely N-dealkylation sites (N-methyl/N-ethyl adjacent to an activating group) is 1. The van der Waals surface area contributed by atoms with E-state index in [1.165, 1.54) is 0 Å². The van der Waals surface area contributed by atoms with Crippen molar-refractivity contribution in [1.82, 2.24) is 14.0 Å². The number of carbonyl (C=O) groups is 1. The van der Waals surface area contributed by atoms with Crippen LogP contribution in [-0.2, 0) is 18.9 Å². The molecule has 0 unspecified atom stereocenters. The monoisotopic (exact) mass is 309 g/mol. The summed E-state index contributed by atoms with van der Waals surface area (Å²) in [7, 11) is 4.00. The third-order valence-electron chi connectivity index (χ3n) is 4.43. The molecule has 0 atom stereocenters. The highest BCUT2D eigenvalue weighted by atomic mass is 16.1. The van der Waals surface area contributed by atoms with Crippen LogP contribution in [0.5, 0.6) is 0 Å². The molecule has 120 valence electrons. The topological polar surface area (TPSA) is 30.2 Å². The van der Waals surface area contributed by atoms with Crippen molar-refractivity contribution in [2.45, 2.75) is 6.92 Å². The minimum Gasteiger partial charge on any atom is -0.351 e. The Morgan fingerprint density at radius 3 is 1.78 bits per heavy atom. The Labute approximate surface area is 137 Å². The minimum absolute atomic E-state index is 0.164. The maximum atomic E-state index is 12.9. The van der Waals surface area contributed by atoms with Gasteiger partial charge in [0.15, 0.2) is 5.78 Å². The molecule has 1 aliphatic rings. The highest BCUT2D eigenvalue weighted by molar-refractivity contribution is 6.14. The molecule has 3 heterocycles. The second-order valence-corrected chi connectivity index (χ2v) is 6.06. The van der Waals surface area contributed by atoms with E-state index in [9.17, 15) is 4.79 Å². The van der Waals surface area contributed by atoms with E-state index in [2.05, 4.69) is 11.8 Å². The van der Waals surface area contributed by atoms with Gasteiger partial charge in [-0.15, -0.1) is 0 Å². The fraction of sp³-hybridized carbons (Fsp3) is 0.316. The van der Waals surface area contributed by atoms with Crippen LogP contribution < -0.4 is 0 Å². The summed E-state index contributed by atoms with van der Waals surface area (Å²) < 4.78 is 4.07. The standard InChI is InChI=1S/C19H23N3O/c1-4-22-13-15(11-17-7-5-9-20(17)2)19(23)16(14-22)12-18-8-6-10-21(18)3/h5-12H,4,13-14H2,1-3H3/b15-11+,16-12+. The molecule has 4 nitrogen and oxygen atoms in total. The van der Waals surface area contributed by atoms with Crippen molar-refractivity contribution in [3.63, 3.8) is 0 Å². The molecule has 23 heavy (non-hydrogen) atoms. The quantitative estimate of drug-likeness (QED) is 0.816. The van der Waals surface area contributed by atoms with Crippen LogP contribution in [0, 0.1) is 0 Å². The summed E-state index contributed by atoms with van der Waals surface area (Å²) in [5, 5.41) is 0. The highest BCUT2D eigenvalue weighted by Crippen LogP contribution is 2.22. The van der Waals surface area contributed by atoms with Crippen molar-refractivity contribution >= 4 is 17.9 Å². The summed E-state index contributed by atoms with van der Waals surface area (Å²) in [6.45, 7) is 4.49. The molecule has 0 N–H and O–H groups in total. The van der Waals surface area contributed by atoms with Crippen LogP contribution in [0.3, 0.4) is 0 Å². The summed E-state index contributed by atoms with van der Waals surface area (Å²) in [4.78, 5) is 15.2. The van der Waals surface area contributed by atoms with Crippen LogP contribution >= 0.6 is 0 Å². The SMILES string of the molecule is CCN1C/C(=C\c2cccn2C)C(=O)/C(=C/c2cccn2C)C1. The number of piperidine rings is 1. The van der Waals surface area contributed by atoms with Gasteiger partial charge in [-0.2, -0.15) is 0 Å². The molecule has 2 aromatic heterocycles. The van der Waals surface area contributed by atoms with Gasteiger partial charge in [0.1, 0.15) is 0 Å². The smallest absolute Gasteiger partial charge is 0.187 e. The highest BCUT2D eigenvalue weighted by Gasteiger charge is 2.25. The van der Waals surface area contributed by atoms with Gasteiger partial charge in [0, 0.05) is 62.1 Å². The van der Waals surface area contributed by atoms with Crippen LogP contribution in [0.1, 0.15) is 18.3 Å². The first-order valence-electron chi connectivity index (χ1n) is 7.99. The van der Waals surface area contributed by atoms with E-state index in [-0.39, 0.29) is 5.78 Å². The second kappa shape index (κ2) is 6.42. The lowest BCUT2D eigenvalue weighted by Crippen LogP contribution is -2.37. The number of hydrogen-bond donors (Lipinski definition) is 0. The van der Waals surface area contributed by atoms with Crippen molar-refractivity contribution in [3.05, 3.63) is 59.2 Å². The zero-order valence-corrected chi connectivity index (χ0v) is 14.0. The van der Waals surface area contributed by atoms with Crippen LogP contribution in [0.4, 0.5) is 0 Å². The first kappa shape index (κ1) is 15.6. The summed E-state index contributed by atoms with van der Waals surface area (Å²) in [6.07, 6.45) is 8.03. The van der Waals surface area contributed by atoms with Crippen LogP contribution in [0.2, 0.25) is 0 Å². The maximum absolute atomic E-state index is 12.9. The molecule has 3 rings (SSSR count). The molecule has 1 fully saturated rings. The van der Waals surface area contributed by atoms with Crippen LogP contribution in [-0.4, -0.2) is 39.5 Å². The first-order valence-corrected chi connectivity index (χ1v) is 7.99. The second-order valence-electron chi connectivity index (χ2n) is 6.06. The number of hydrogen-bond acceptors (Lipinski definition) is 2. The zero-order chi connectivity index (χ0) is 16.4. The van der Waals surface area contributed by atoms with Gasteiger partial charge >= 0.3 is 0 Å². The Hall–Kier alpha value is -2.33. The third kappa shape index (κ3) is 3.22. The van der Waals surface area contributed by atoms with Crippen LogP contribution in [0.25, 0.3) is 12.2 Å². The molecule has 2 aromatic rings. The van der Waals surface area contributed by atoms with Crippen molar-refractivity contribution in [1.29, 1.82) is 0 Å². The molecule has 4 heteroatoms. The first-order chi connectivity index (χ1) is 11.1. The number of Topliss-reactive ketones (excluding diaryl/α,β-unsaturated/α-hetero) is 1. The summed E-state index contributed by atoms with van der Waals surface area (Å²) in [5.41, 5.74) is 3.84. The number of rotatable bonds is 3. The van der Waals surface area contributed by atoms with Crippen molar-refractivity contribution in [3.8, 4) is 0 Å². The van der Waals surface area contributed by atoms with Gasteiger partial charge in [0.25, 0.3) is 0 Å². The number of carbonyl (C=O) groups excluding carboxylic acids is 1. The lowest BCUT2D eigenvalue weighted by atomic mass is 9.96. The molecule has 1 aliphatic heterocycles. The van der Waals surface area contributed by atoms with E-state index in [0.29, 0.717) is 13.1 Å². The summed E-state index contributed by atoms with van der Waals surface area (Å²) >= 11 is 0. The lowest BCUT2D eigenvalue weighted by molar-refractivity contribution is -0.113. The van der Waals surface area contributed by atoms with Crippen molar-refractivity contribution in [2.24, 2.45) is 14.1 Å². The average molecular weight is 309 g/mol. The van der Waals surface area contributed by atoms with Gasteiger partial charge in [-0.3, -0.25) is 9.69 Å². The molecular formula is C19H23N3O. The molecule has 1 saturated heterocycles. The number of likely N-dealkylation sites (tertiary alicyclic amines) is 1. The van der Waals surface area contributed by atoms with Gasteiger partial charge in [-0.25, -0.2) is 0 Å². The third-order valence-corrected chi connectivity index (χ3v) is 4.43. The maximum Gasteiger partial charge on any atom is 0.187 e. The number of aryl methyl sites for hydroxylation is 2. The predicted octanol–water partition coefficient (Wildman–Crippen LogP) is 2.74. The van der Waals surface area contributed by atoms with E-state index in [1.54, 1.807) is 0 Å². The molecule has 0 bridgehead atoms. The lowest BCUT2D eigenvalue weighted by Gasteiger charge is -2.28. The number of ketones is 1. The van der Waals surface area contributed by atoms with Gasteiger partial charge in [0.05, 0.1) is 0 Å². The molecular weight excluding hydrogens is 286 g/mol. The Morgan fingerprint density at radius 1 is 0.957 bits per heavy atom. The number of aromatic nitrogens is 2. The molecule has 0 saturated carbocycles. The van der Waals surface area contributed by atoms with E-state index in [1.807, 2.05) is 72.0 Å². The van der Waals surface area contributed by atoms with Crippen LogP contribution in [0.15, 0.2) is 47.8 Å². The summed E-state index contributed by atoms with van der Waals surface area (Å²) in [5.74, 6) is 0.164. The molecule has 0 spiro atoms. The minimum atomic E-state index is 0.164. The molecule has 0 radical (unpaired) electrons. The van der Waals surface area contributed by atoms with Gasteiger partial charge < -0.3 is 9.13 Å². The number of nitrogens with zero attached hydrogens (tertiary/aromatic N) is 3. The molecule has 0 aliphatic carbocycles.